The fourth-order valence-corrected chi connectivity index (χ4v) is 8.44. The number of nitrogens with one attached hydrogen (secondary N) is 1. The first-order chi connectivity index (χ1) is 28.3. The predicted molar refractivity (Wildman–Crippen MR) is 226 cm³/mol. The molecule has 11 nitrogen and oxygen atoms in total. The maximum Gasteiger partial charge on any atom is 0.226 e. The van der Waals surface area contributed by atoms with E-state index in [1.807, 2.05) is 50.2 Å². The maximum absolute atomic E-state index is 14.1. The first-order valence-corrected chi connectivity index (χ1v) is 20.2. The minimum Gasteiger partial charge on any atom is -0.490 e. The van der Waals surface area contributed by atoms with E-state index in [2.05, 4.69) is 25.3 Å². The third-order valence-electron chi connectivity index (χ3n) is 9.66. The van der Waals surface area contributed by atoms with E-state index in [0.29, 0.717) is 67.9 Å². The standard InChI is InChI=1S/C43H38Cl2FN7O4S/c1-24-34-25(2)38(45)39(37(24)44)55-19-18-54-31-9-10-32(57-22-30-12-16-49-41(53-30)28-6-11-33(50-21-28)48-15-3-14-47)27(20-31)13-17-56-42-36-35(34)40(58-43(36)52-23-51-42)26-4-7-29(46)8-5-26/h4-12,16,20-21,23H,3,13-15,17-19,22,47H2,1-2H3,(H,48,50). The van der Waals surface area contributed by atoms with Gasteiger partial charge in [-0.3, -0.25) is 0 Å². The molecule has 3 N–H and O–H groups in total. The summed E-state index contributed by atoms with van der Waals surface area (Å²) >= 11 is 15.5. The van der Waals surface area contributed by atoms with Crippen molar-refractivity contribution in [2.24, 2.45) is 5.73 Å². The van der Waals surface area contributed by atoms with Gasteiger partial charge in [0.05, 0.1) is 27.7 Å². The number of pyridine rings is 1. The Bertz CT molecular complexity index is 2560. The molecule has 0 fully saturated rings. The van der Waals surface area contributed by atoms with Crippen molar-refractivity contribution in [3.63, 3.8) is 0 Å². The molecule has 0 aliphatic carbocycles. The van der Waals surface area contributed by atoms with Crippen molar-refractivity contribution in [2.45, 2.75) is 33.3 Å². The number of benzene rings is 3. The Morgan fingerprint density at radius 1 is 0.862 bits per heavy atom. The van der Waals surface area contributed by atoms with Crippen LogP contribution in [0.25, 0.3) is 43.2 Å². The van der Waals surface area contributed by atoms with Gasteiger partial charge in [-0.15, -0.1) is 11.3 Å². The second-order valence-electron chi connectivity index (χ2n) is 13.5. The molecule has 0 radical (unpaired) electrons. The van der Waals surface area contributed by atoms with Gasteiger partial charge in [-0.05, 0) is 97.6 Å². The van der Waals surface area contributed by atoms with E-state index in [1.54, 1.807) is 24.5 Å². The highest BCUT2D eigenvalue weighted by Gasteiger charge is 2.28. The SMILES string of the molecule is Cc1c(Cl)c2c(Cl)c(C)c1-c1c(-c3ccc(F)cc3)sc3ncnc(c13)OCCc1cc(ccc1OCc1ccnc(-c3ccc(NCCCN)nc3)n1)OCCO2. The van der Waals surface area contributed by atoms with Crippen LogP contribution < -0.4 is 30.0 Å². The van der Waals surface area contributed by atoms with Crippen molar-refractivity contribution in [2.75, 3.05) is 38.2 Å². The molecule has 0 unspecified atom stereocenters. The lowest BCUT2D eigenvalue weighted by molar-refractivity contribution is 0.216. The summed E-state index contributed by atoms with van der Waals surface area (Å²) in [6.45, 7) is 6.07. The molecule has 2 aliphatic rings. The number of halogens is 3. The second-order valence-corrected chi connectivity index (χ2v) is 15.2. The van der Waals surface area contributed by atoms with Crippen molar-refractivity contribution in [3.8, 4) is 56.1 Å². The highest BCUT2D eigenvalue weighted by molar-refractivity contribution is 7.22. The Kier molecular flexibility index (Phi) is 11.8. The van der Waals surface area contributed by atoms with Gasteiger partial charge in [0.25, 0.3) is 0 Å². The molecule has 0 spiro atoms. The van der Waals surface area contributed by atoms with Crippen LogP contribution in [0.4, 0.5) is 10.2 Å². The van der Waals surface area contributed by atoms with Gasteiger partial charge in [0.2, 0.25) is 5.88 Å². The van der Waals surface area contributed by atoms with Crippen LogP contribution in [0.1, 0.15) is 28.8 Å². The molecule has 0 atom stereocenters. The zero-order chi connectivity index (χ0) is 40.2. The van der Waals surface area contributed by atoms with Crippen LogP contribution in [-0.2, 0) is 13.0 Å². The molecule has 3 aromatic carbocycles. The van der Waals surface area contributed by atoms with Crippen molar-refractivity contribution < 1.29 is 23.3 Å². The molecular formula is C43H38Cl2FN7O4S. The van der Waals surface area contributed by atoms with Crippen LogP contribution >= 0.6 is 34.5 Å². The third kappa shape index (κ3) is 8.21. The Morgan fingerprint density at radius 2 is 1.66 bits per heavy atom. The van der Waals surface area contributed by atoms with E-state index in [0.717, 1.165) is 62.6 Å². The number of thiophene rings is 1. The molecule has 7 aromatic rings. The van der Waals surface area contributed by atoms with Gasteiger partial charge >= 0.3 is 0 Å². The Hall–Kier alpha value is -5.60. The highest BCUT2D eigenvalue weighted by Crippen LogP contribution is 2.52. The molecule has 0 saturated heterocycles. The second kappa shape index (κ2) is 17.5. The summed E-state index contributed by atoms with van der Waals surface area (Å²) in [6, 6.07) is 17.6. The number of fused-ring (bicyclic) bond motifs is 7. The molecule has 2 aliphatic heterocycles. The van der Waals surface area contributed by atoms with Crippen LogP contribution in [0.3, 0.4) is 0 Å². The van der Waals surface area contributed by atoms with Gasteiger partial charge in [0, 0.05) is 46.9 Å². The largest absolute Gasteiger partial charge is 0.490 e. The number of nitrogens with two attached hydrogens (primary N) is 1. The van der Waals surface area contributed by atoms with Crippen LogP contribution in [0.5, 0.6) is 23.1 Å². The van der Waals surface area contributed by atoms with Crippen LogP contribution in [-0.4, -0.2) is 57.8 Å². The summed E-state index contributed by atoms with van der Waals surface area (Å²) in [5.74, 6) is 2.99. The average molecular weight is 839 g/mol. The van der Waals surface area contributed by atoms with Gasteiger partial charge in [-0.1, -0.05) is 35.3 Å². The lowest BCUT2D eigenvalue weighted by atomic mass is 9.92. The van der Waals surface area contributed by atoms with Gasteiger partial charge in [-0.25, -0.2) is 29.3 Å². The van der Waals surface area contributed by atoms with Gasteiger partial charge in [-0.2, -0.15) is 0 Å². The Morgan fingerprint density at radius 3 is 2.43 bits per heavy atom. The summed E-state index contributed by atoms with van der Waals surface area (Å²) in [5, 5.41) is 4.70. The summed E-state index contributed by atoms with van der Waals surface area (Å²) < 4.78 is 39.4. The van der Waals surface area contributed by atoms with E-state index in [-0.39, 0.29) is 32.2 Å². The monoisotopic (exact) mass is 837 g/mol. The minimum absolute atomic E-state index is 0.188. The zero-order valence-corrected chi connectivity index (χ0v) is 34.0. The summed E-state index contributed by atoms with van der Waals surface area (Å²) in [7, 11) is 0. The average Bonchev–Trinajstić information content (AvgIpc) is 3.63. The van der Waals surface area contributed by atoms with E-state index >= 15 is 0 Å². The summed E-state index contributed by atoms with van der Waals surface area (Å²) in [6.07, 6.45) is 6.24. The summed E-state index contributed by atoms with van der Waals surface area (Å²) in [4.78, 5) is 24.5. The number of anilines is 1. The number of nitrogens with zero attached hydrogens (tertiary/aromatic N) is 5. The van der Waals surface area contributed by atoms with Crippen molar-refractivity contribution >= 4 is 50.6 Å². The highest BCUT2D eigenvalue weighted by atomic mass is 35.5. The van der Waals surface area contributed by atoms with Crippen molar-refractivity contribution in [1.82, 2.24) is 24.9 Å². The van der Waals surface area contributed by atoms with Gasteiger partial charge in [0.1, 0.15) is 54.1 Å². The number of ether oxygens (including phenoxy) is 4. The van der Waals surface area contributed by atoms with E-state index in [4.69, 9.17) is 52.9 Å². The van der Waals surface area contributed by atoms with E-state index in [1.165, 1.54) is 29.8 Å². The fourth-order valence-electron chi connectivity index (χ4n) is 6.76. The first-order valence-electron chi connectivity index (χ1n) is 18.7. The molecule has 4 bridgehead atoms. The molecule has 0 saturated carbocycles. The lowest BCUT2D eigenvalue weighted by Crippen LogP contribution is -2.11. The first kappa shape index (κ1) is 39.2. The number of aromatic nitrogens is 5. The Labute approximate surface area is 348 Å². The van der Waals surface area contributed by atoms with Gasteiger partial charge in [0.15, 0.2) is 11.6 Å². The predicted octanol–water partition coefficient (Wildman–Crippen LogP) is 9.67. The van der Waals surface area contributed by atoms with Crippen molar-refractivity contribution in [3.05, 3.63) is 118 Å². The van der Waals surface area contributed by atoms with Gasteiger partial charge < -0.3 is 30.0 Å². The number of hydrogen-bond acceptors (Lipinski definition) is 12. The third-order valence-corrected chi connectivity index (χ3v) is 11.7. The lowest BCUT2D eigenvalue weighted by Gasteiger charge is -2.20. The molecular weight excluding hydrogens is 800 g/mol. The molecule has 58 heavy (non-hydrogen) atoms. The smallest absolute Gasteiger partial charge is 0.226 e. The molecule has 4 aromatic heterocycles. The minimum atomic E-state index is -0.336. The molecule has 15 heteroatoms. The quantitative estimate of drug-likeness (QED) is 0.134. The molecule has 9 rings (SSSR count). The van der Waals surface area contributed by atoms with Crippen LogP contribution in [0, 0.1) is 19.7 Å². The van der Waals surface area contributed by atoms with Crippen LogP contribution in [0.2, 0.25) is 10.0 Å². The summed E-state index contributed by atoms with van der Waals surface area (Å²) in [5.41, 5.74) is 11.8. The van der Waals surface area contributed by atoms with Crippen LogP contribution in [0.15, 0.2) is 79.4 Å². The Balaban J connectivity index is 1.11. The molecule has 6 heterocycles. The zero-order valence-electron chi connectivity index (χ0n) is 31.7. The molecule has 0 amide bonds. The number of hydrogen-bond donors (Lipinski definition) is 2. The van der Waals surface area contributed by atoms with Crippen molar-refractivity contribution in [1.29, 1.82) is 0 Å². The van der Waals surface area contributed by atoms with E-state index in [9.17, 15) is 4.39 Å². The fraction of sp³-hybridized carbons (Fsp3) is 0.233. The normalized spacial score (nSPS) is 12.7. The molecule has 296 valence electrons. The maximum atomic E-state index is 14.1. The van der Waals surface area contributed by atoms with E-state index < -0.39 is 0 Å². The topological polar surface area (TPSA) is 139 Å². The number of rotatable bonds is 9.